The van der Waals surface area contributed by atoms with Crippen LogP contribution in [0.4, 0.5) is 13.2 Å². The van der Waals surface area contributed by atoms with Crippen molar-refractivity contribution in [3.8, 4) is 0 Å². The SMILES string of the molecule is O=C(CN1CCc2ccc(C(F)(F)F)cc2C1)N[C@H]1CN(C2CCCOCC2)C[C@@H]1OC1CCc2ccoc21. The number of ether oxygens (including phenoxy) is 2. The summed E-state index contributed by atoms with van der Waals surface area (Å²) in [5.74, 6) is 0.770. The van der Waals surface area contributed by atoms with E-state index in [2.05, 4.69) is 10.2 Å². The van der Waals surface area contributed by atoms with Crippen LogP contribution < -0.4 is 5.32 Å². The first kappa shape index (κ1) is 26.8. The van der Waals surface area contributed by atoms with Crippen LogP contribution in [0.5, 0.6) is 0 Å². The van der Waals surface area contributed by atoms with Gasteiger partial charge in [0.15, 0.2) is 0 Å². The maximum Gasteiger partial charge on any atom is 0.416 e. The Labute approximate surface area is 226 Å². The number of carbonyl (C=O) groups is 1. The van der Waals surface area contributed by atoms with Gasteiger partial charge in [0.1, 0.15) is 11.9 Å². The van der Waals surface area contributed by atoms with Crippen LogP contribution in [0.2, 0.25) is 0 Å². The van der Waals surface area contributed by atoms with Gasteiger partial charge in [0.05, 0.1) is 30.5 Å². The summed E-state index contributed by atoms with van der Waals surface area (Å²) in [4.78, 5) is 17.6. The fourth-order valence-electron chi connectivity index (χ4n) is 6.61. The molecule has 6 rings (SSSR count). The molecule has 1 aromatic heterocycles. The third kappa shape index (κ3) is 6.04. The first-order chi connectivity index (χ1) is 18.8. The predicted octanol–water partition coefficient (Wildman–Crippen LogP) is 4.10. The number of aryl methyl sites for hydroxylation is 1. The smallest absolute Gasteiger partial charge is 0.416 e. The molecule has 39 heavy (non-hydrogen) atoms. The van der Waals surface area contributed by atoms with Crippen molar-refractivity contribution < 1.29 is 31.9 Å². The van der Waals surface area contributed by atoms with Gasteiger partial charge >= 0.3 is 6.18 Å². The summed E-state index contributed by atoms with van der Waals surface area (Å²) in [7, 11) is 0. The van der Waals surface area contributed by atoms with Gasteiger partial charge in [-0.1, -0.05) is 6.07 Å². The molecule has 1 aromatic carbocycles. The fourth-order valence-corrected chi connectivity index (χ4v) is 6.61. The lowest BCUT2D eigenvalue weighted by molar-refractivity contribution is -0.137. The number of carbonyl (C=O) groups excluding carboxylic acids is 1. The zero-order valence-corrected chi connectivity index (χ0v) is 22.0. The van der Waals surface area contributed by atoms with Gasteiger partial charge in [-0.15, -0.1) is 0 Å². The van der Waals surface area contributed by atoms with Gasteiger partial charge in [-0.3, -0.25) is 14.6 Å². The van der Waals surface area contributed by atoms with Crippen LogP contribution >= 0.6 is 0 Å². The highest BCUT2D eigenvalue weighted by atomic mass is 19.4. The van der Waals surface area contributed by atoms with Gasteiger partial charge in [0, 0.05) is 45.4 Å². The number of hydrogen-bond donors (Lipinski definition) is 1. The Hall–Kier alpha value is -2.40. The minimum Gasteiger partial charge on any atom is -0.466 e. The molecule has 2 fully saturated rings. The second-order valence-corrected chi connectivity index (χ2v) is 11.3. The lowest BCUT2D eigenvalue weighted by Crippen LogP contribution is -2.48. The summed E-state index contributed by atoms with van der Waals surface area (Å²) in [6.07, 6.45) is 2.52. The third-order valence-electron chi connectivity index (χ3n) is 8.66. The molecule has 4 heterocycles. The largest absolute Gasteiger partial charge is 0.466 e. The number of likely N-dealkylation sites (tertiary alicyclic amines) is 1. The number of rotatable bonds is 6. The fraction of sp³-hybridized carbons (Fsp3) is 0.621. The van der Waals surface area contributed by atoms with E-state index in [1.54, 1.807) is 12.3 Å². The van der Waals surface area contributed by atoms with Crippen LogP contribution in [0.15, 0.2) is 34.9 Å². The molecule has 1 N–H and O–H groups in total. The molecule has 2 saturated heterocycles. The Morgan fingerprint density at radius 3 is 2.82 bits per heavy atom. The summed E-state index contributed by atoms with van der Waals surface area (Å²) in [5, 5.41) is 3.22. The number of fused-ring (bicyclic) bond motifs is 2. The molecule has 7 nitrogen and oxygen atoms in total. The Balaban J connectivity index is 1.11. The molecular weight excluding hydrogens is 511 g/mol. The molecule has 0 spiro atoms. The highest BCUT2D eigenvalue weighted by molar-refractivity contribution is 5.78. The van der Waals surface area contributed by atoms with E-state index in [-0.39, 0.29) is 30.7 Å². The van der Waals surface area contributed by atoms with Crippen molar-refractivity contribution in [3.05, 3.63) is 58.5 Å². The van der Waals surface area contributed by atoms with E-state index < -0.39 is 11.7 Å². The van der Waals surface area contributed by atoms with Crippen LogP contribution in [-0.2, 0) is 39.8 Å². The number of alkyl halides is 3. The number of halogens is 3. The van der Waals surface area contributed by atoms with Crippen molar-refractivity contribution in [2.24, 2.45) is 0 Å². The molecule has 0 saturated carbocycles. The average Bonchev–Trinajstić information content (AvgIpc) is 3.55. The normalized spacial score (nSPS) is 28.2. The van der Waals surface area contributed by atoms with E-state index in [9.17, 15) is 18.0 Å². The zero-order valence-electron chi connectivity index (χ0n) is 22.0. The topological polar surface area (TPSA) is 67.2 Å². The van der Waals surface area contributed by atoms with Crippen molar-refractivity contribution in [2.45, 2.75) is 75.5 Å². The van der Waals surface area contributed by atoms with Crippen molar-refractivity contribution >= 4 is 5.91 Å². The van der Waals surface area contributed by atoms with Gasteiger partial charge in [-0.25, -0.2) is 0 Å². The lowest BCUT2D eigenvalue weighted by Gasteiger charge is -2.30. The Kier molecular flexibility index (Phi) is 7.72. The average molecular weight is 548 g/mol. The molecule has 2 unspecified atom stereocenters. The Bertz CT molecular complexity index is 1160. The lowest BCUT2D eigenvalue weighted by atomic mass is 9.97. The van der Waals surface area contributed by atoms with Crippen LogP contribution in [0.3, 0.4) is 0 Å². The molecule has 1 aliphatic carbocycles. The summed E-state index contributed by atoms with van der Waals surface area (Å²) >= 11 is 0. The summed E-state index contributed by atoms with van der Waals surface area (Å²) in [5.41, 5.74) is 2.11. The Morgan fingerprint density at radius 2 is 1.95 bits per heavy atom. The standard InChI is InChI=1S/C29H36F3N3O4/c30-29(31,32)22-5-3-19-7-10-34(15-21(19)14-22)18-27(36)33-24-16-35(23-2-1-11-37-12-9-23)17-26(24)39-25-6-4-20-8-13-38-28(20)25/h3,5,8,13-14,23-26H,1-2,4,6-7,9-12,15-18H2,(H,33,36)/t23?,24-,25?,26-/m0/s1. The van der Waals surface area contributed by atoms with Crippen molar-refractivity contribution in [2.75, 3.05) is 39.4 Å². The summed E-state index contributed by atoms with van der Waals surface area (Å²) in [6, 6.07) is 6.15. The first-order valence-electron chi connectivity index (χ1n) is 14.1. The number of furan rings is 1. The van der Waals surface area contributed by atoms with Crippen molar-refractivity contribution in [1.82, 2.24) is 15.1 Å². The maximum atomic E-state index is 13.2. The van der Waals surface area contributed by atoms with E-state index in [0.717, 1.165) is 69.3 Å². The van der Waals surface area contributed by atoms with Crippen LogP contribution in [-0.4, -0.2) is 73.3 Å². The molecule has 2 aromatic rings. The number of hydrogen-bond acceptors (Lipinski definition) is 6. The highest BCUT2D eigenvalue weighted by Gasteiger charge is 2.41. The van der Waals surface area contributed by atoms with E-state index in [0.29, 0.717) is 37.7 Å². The predicted molar refractivity (Wildman–Crippen MR) is 137 cm³/mol. The van der Waals surface area contributed by atoms with Crippen molar-refractivity contribution in [1.29, 1.82) is 0 Å². The zero-order chi connectivity index (χ0) is 27.0. The first-order valence-corrected chi connectivity index (χ1v) is 14.1. The number of benzene rings is 1. The summed E-state index contributed by atoms with van der Waals surface area (Å²) < 4.78 is 57.6. The van der Waals surface area contributed by atoms with E-state index in [1.807, 2.05) is 11.0 Å². The van der Waals surface area contributed by atoms with Gasteiger partial charge in [-0.05, 0) is 73.4 Å². The quantitative estimate of drug-likeness (QED) is 0.588. The van der Waals surface area contributed by atoms with E-state index in [1.165, 1.54) is 11.6 Å². The van der Waals surface area contributed by atoms with Gasteiger partial charge in [-0.2, -0.15) is 13.2 Å². The molecule has 212 valence electrons. The maximum absolute atomic E-state index is 13.2. The third-order valence-corrected chi connectivity index (χ3v) is 8.66. The molecule has 0 bridgehead atoms. The van der Waals surface area contributed by atoms with Crippen LogP contribution in [0, 0.1) is 0 Å². The minimum atomic E-state index is -4.38. The Morgan fingerprint density at radius 1 is 1.05 bits per heavy atom. The van der Waals surface area contributed by atoms with Gasteiger partial charge in [0.2, 0.25) is 5.91 Å². The van der Waals surface area contributed by atoms with Gasteiger partial charge in [0.25, 0.3) is 0 Å². The molecule has 3 aliphatic heterocycles. The van der Waals surface area contributed by atoms with E-state index in [4.69, 9.17) is 13.9 Å². The number of nitrogens with zero attached hydrogens (tertiary/aromatic N) is 2. The number of amides is 1. The molecule has 1 amide bonds. The highest BCUT2D eigenvalue weighted by Crippen LogP contribution is 2.37. The molecule has 4 aliphatic rings. The molecule has 0 radical (unpaired) electrons. The second kappa shape index (κ2) is 11.2. The number of nitrogens with one attached hydrogen (secondary N) is 1. The van der Waals surface area contributed by atoms with Crippen LogP contribution in [0.1, 0.15) is 59.8 Å². The monoisotopic (exact) mass is 547 g/mol. The van der Waals surface area contributed by atoms with Gasteiger partial charge < -0.3 is 19.2 Å². The van der Waals surface area contributed by atoms with Crippen LogP contribution in [0.25, 0.3) is 0 Å². The second-order valence-electron chi connectivity index (χ2n) is 11.3. The van der Waals surface area contributed by atoms with Crippen molar-refractivity contribution in [3.63, 3.8) is 0 Å². The molecular formula is C29H36F3N3O4. The van der Waals surface area contributed by atoms with E-state index >= 15 is 0 Å². The molecule has 4 atom stereocenters. The summed E-state index contributed by atoms with van der Waals surface area (Å²) in [6.45, 7) is 4.08. The molecule has 10 heteroatoms. The minimum absolute atomic E-state index is 0.113.